The molecule has 22 heavy (non-hydrogen) atoms. The van der Waals surface area contributed by atoms with Crippen LogP contribution in [-0.4, -0.2) is 48.8 Å². The minimum atomic E-state index is -0.252. The van der Waals surface area contributed by atoms with Crippen LogP contribution < -0.4 is 10.6 Å². The molecule has 1 atom stereocenters. The number of rotatable bonds is 5. The summed E-state index contributed by atoms with van der Waals surface area (Å²) in [6, 6.07) is 7.18. The summed E-state index contributed by atoms with van der Waals surface area (Å²) in [5, 5.41) is 9.54. The van der Waals surface area contributed by atoms with Gasteiger partial charge in [-0.3, -0.25) is 0 Å². The molecule has 1 aromatic carbocycles. The Kier molecular flexibility index (Phi) is 4.59. The summed E-state index contributed by atoms with van der Waals surface area (Å²) in [5.41, 5.74) is 9.71. The van der Waals surface area contributed by atoms with Crippen molar-refractivity contribution >= 4 is 11.4 Å². The van der Waals surface area contributed by atoms with Crippen LogP contribution in [-0.2, 0) is 0 Å². The third kappa shape index (κ3) is 3.73. The zero-order valence-electron chi connectivity index (χ0n) is 13.8. The lowest BCUT2D eigenvalue weighted by atomic mass is 10.0. The van der Waals surface area contributed by atoms with Crippen LogP contribution in [0.1, 0.15) is 44.1 Å². The van der Waals surface area contributed by atoms with Crippen LogP contribution in [0.3, 0.4) is 0 Å². The average molecular weight is 303 g/mol. The second kappa shape index (κ2) is 6.47. The fourth-order valence-corrected chi connectivity index (χ4v) is 3.62. The van der Waals surface area contributed by atoms with E-state index in [4.69, 9.17) is 5.73 Å². The van der Waals surface area contributed by atoms with Crippen LogP contribution in [0.4, 0.5) is 11.4 Å². The SMILES string of the molecule is CC(O)CN(C)C1CCN(c2cc(N)cc(C3CC3)c2)CC1. The van der Waals surface area contributed by atoms with E-state index in [0.29, 0.717) is 6.04 Å². The van der Waals surface area contributed by atoms with Gasteiger partial charge in [-0.1, -0.05) is 0 Å². The summed E-state index contributed by atoms with van der Waals surface area (Å²) >= 11 is 0. The van der Waals surface area contributed by atoms with E-state index in [1.165, 1.54) is 24.1 Å². The second-order valence-corrected chi connectivity index (χ2v) is 7.14. The van der Waals surface area contributed by atoms with Gasteiger partial charge in [-0.25, -0.2) is 0 Å². The van der Waals surface area contributed by atoms with Gasteiger partial charge >= 0.3 is 0 Å². The van der Waals surface area contributed by atoms with Crippen LogP contribution in [0.5, 0.6) is 0 Å². The first-order chi connectivity index (χ1) is 10.5. The number of aliphatic hydroxyl groups is 1. The van der Waals surface area contributed by atoms with Gasteiger partial charge in [0, 0.05) is 37.1 Å². The lowest BCUT2D eigenvalue weighted by Gasteiger charge is -2.38. The molecule has 0 spiro atoms. The van der Waals surface area contributed by atoms with Crippen molar-refractivity contribution in [1.82, 2.24) is 4.90 Å². The van der Waals surface area contributed by atoms with Gasteiger partial charge in [-0.2, -0.15) is 0 Å². The maximum Gasteiger partial charge on any atom is 0.0639 e. The van der Waals surface area contributed by atoms with Gasteiger partial charge in [0.25, 0.3) is 0 Å². The van der Waals surface area contributed by atoms with Gasteiger partial charge in [-0.15, -0.1) is 0 Å². The number of hydrogen-bond acceptors (Lipinski definition) is 4. The number of nitrogens with two attached hydrogens (primary N) is 1. The lowest BCUT2D eigenvalue weighted by molar-refractivity contribution is 0.108. The van der Waals surface area contributed by atoms with Crippen molar-refractivity contribution < 1.29 is 5.11 Å². The fourth-order valence-electron chi connectivity index (χ4n) is 3.62. The number of hydrogen-bond donors (Lipinski definition) is 2. The summed E-state index contributed by atoms with van der Waals surface area (Å²) in [7, 11) is 2.12. The third-order valence-electron chi connectivity index (χ3n) is 5.02. The smallest absolute Gasteiger partial charge is 0.0639 e. The Hall–Kier alpha value is -1.26. The molecular weight excluding hydrogens is 274 g/mol. The van der Waals surface area contributed by atoms with E-state index in [9.17, 15) is 5.11 Å². The zero-order chi connectivity index (χ0) is 15.7. The zero-order valence-corrected chi connectivity index (χ0v) is 13.8. The number of nitrogens with zero attached hydrogens (tertiary/aromatic N) is 2. The number of likely N-dealkylation sites (N-methyl/N-ethyl adjacent to an activating group) is 1. The molecule has 3 N–H and O–H groups in total. The Morgan fingerprint density at radius 3 is 2.50 bits per heavy atom. The monoisotopic (exact) mass is 303 g/mol. The highest BCUT2D eigenvalue weighted by atomic mass is 16.3. The first-order valence-electron chi connectivity index (χ1n) is 8.56. The molecule has 1 aromatic rings. The Morgan fingerprint density at radius 1 is 1.23 bits per heavy atom. The predicted molar refractivity (Wildman–Crippen MR) is 92.4 cm³/mol. The van der Waals surface area contributed by atoms with Crippen molar-refractivity contribution in [3.63, 3.8) is 0 Å². The van der Waals surface area contributed by atoms with E-state index in [1.807, 2.05) is 6.92 Å². The molecule has 2 aliphatic rings. The molecule has 2 fully saturated rings. The summed E-state index contributed by atoms with van der Waals surface area (Å²) in [6.07, 6.45) is 4.68. The molecule has 0 radical (unpaired) electrons. The molecule has 0 bridgehead atoms. The number of benzene rings is 1. The van der Waals surface area contributed by atoms with Crippen LogP contribution in [0, 0.1) is 0 Å². The van der Waals surface area contributed by atoms with Crippen LogP contribution >= 0.6 is 0 Å². The van der Waals surface area contributed by atoms with Crippen molar-refractivity contribution in [3.05, 3.63) is 23.8 Å². The first-order valence-corrected chi connectivity index (χ1v) is 8.56. The maximum absolute atomic E-state index is 9.54. The van der Waals surface area contributed by atoms with E-state index in [1.54, 1.807) is 0 Å². The van der Waals surface area contributed by atoms with Gasteiger partial charge < -0.3 is 20.6 Å². The van der Waals surface area contributed by atoms with E-state index in [2.05, 4.69) is 35.0 Å². The first kappa shape index (κ1) is 15.6. The average Bonchev–Trinajstić information content (AvgIpc) is 3.30. The maximum atomic E-state index is 9.54. The summed E-state index contributed by atoms with van der Waals surface area (Å²) in [6.45, 7) is 4.76. The predicted octanol–water partition coefficient (Wildman–Crippen LogP) is 2.43. The molecule has 122 valence electrons. The minimum Gasteiger partial charge on any atom is -0.399 e. The standard InChI is InChI=1S/C18H29N3O/c1-13(22)12-20(2)17-5-7-21(8-6-17)18-10-15(14-3-4-14)9-16(19)11-18/h9-11,13-14,17,22H,3-8,12,19H2,1-2H3. The van der Waals surface area contributed by atoms with Gasteiger partial charge in [0.2, 0.25) is 0 Å². The van der Waals surface area contributed by atoms with E-state index in [0.717, 1.165) is 44.1 Å². The molecule has 4 nitrogen and oxygen atoms in total. The van der Waals surface area contributed by atoms with Crippen LogP contribution in [0.15, 0.2) is 18.2 Å². The Morgan fingerprint density at radius 2 is 1.91 bits per heavy atom. The van der Waals surface area contributed by atoms with Crippen molar-refractivity contribution in [3.8, 4) is 0 Å². The van der Waals surface area contributed by atoms with Crippen molar-refractivity contribution in [2.24, 2.45) is 0 Å². The van der Waals surface area contributed by atoms with E-state index in [-0.39, 0.29) is 6.10 Å². The number of piperidine rings is 1. The summed E-state index contributed by atoms with van der Waals surface area (Å²) < 4.78 is 0. The highest BCUT2D eigenvalue weighted by molar-refractivity contribution is 5.59. The van der Waals surface area contributed by atoms with E-state index < -0.39 is 0 Å². The third-order valence-corrected chi connectivity index (χ3v) is 5.02. The number of nitrogen functional groups attached to an aromatic ring is 1. The van der Waals surface area contributed by atoms with Crippen LogP contribution in [0.2, 0.25) is 0 Å². The molecule has 1 heterocycles. The lowest BCUT2D eigenvalue weighted by Crippen LogP contribution is -2.45. The molecule has 1 aliphatic heterocycles. The van der Waals surface area contributed by atoms with Gasteiger partial charge in [0.05, 0.1) is 6.10 Å². The van der Waals surface area contributed by atoms with Crippen LogP contribution in [0.25, 0.3) is 0 Å². The minimum absolute atomic E-state index is 0.252. The molecule has 4 heteroatoms. The summed E-state index contributed by atoms with van der Waals surface area (Å²) in [4.78, 5) is 4.77. The molecule has 1 saturated carbocycles. The molecule has 1 aliphatic carbocycles. The highest BCUT2D eigenvalue weighted by Gasteiger charge is 2.26. The second-order valence-electron chi connectivity index (χ2n) is 7.14. The van der Waals surface area contributed by atoms with Crippen molar-refractivity contribution in [2.75, 3.05) is 37.3 Å². The van der Waals surface area contributed by atoms with Crippen molar-refractivity contribution in [1.29, 1.82) is 0 Å². The highest BCUT2D eigenvalue weighted by Crippen LogP contribution is 2.42. The molecule has 1 saturated heterocycles. The van der Waals surface area contributed by atoms with Gasteiger partial charge in [0.1, 0.15) is 0 Å². The van der Waals surface area contributed by atoms with E-state index >= 15 is 0 Å². The molecule has 1 unspecified atom stereocenters. The largest absolute Gasteiger partial charge is 0.399 e. The number of aliphatic hydroxyl groups excluding tert-OH is 1. The quantitative estimate of drug-likeness (QED) is 0.820. The number of anilines is 2. The molecule has 0 aromatic heterocycles. The Balaban J connectivity index is 1.61. The fraction of sp³-hybridized carbons (Fsp3) is 0.667. The van der Waals surface area contributed by atoms with Gasteiger partial charge in [-0.05, 0) is 69.3 Å². The Labute approximate surface area is 133 Å². The Bertz CT molecular complexity index is 505. The molecular formula is C18H29N3O. The molecule has 0 amide bonds. The van der Waals surface area contributed by atoms with Crippen molar-refractivity contribution in [2.45, 2.75) is 50.7 Å². The normalized spacial score (nSPS) is 21.4. The molecule has 3 rings (SSSR count). The topological polar surface area (TPSA) is 52.7 Å². The summed E-state index contributed by atoms with van der Waals surface area (Å²) in [5.74, 6) is 0.747. The van der Waals surface area contributed by atoms with Gasteiger partial charge in [0.15, 0.2) is 0 Å².